The van der Waals surface area contributed by atoms with Gasteiger partial charge in [0.2, 0.25) is 15.6 Å². The molecule has 6 nitrogen and oxygen atoms in total. The molecule has 0 atom stereocenters. The minimum Gasteiger partial charge on any atom is -0.328 e. The molecule has 2 rings (SSSR count). The zero-order valence-electron chi connectivity index (χ0n) is 11.4. The summed E-state index contributed by atoms with van der Waals surface area (Å²) < 4.78 is 26.4. The summed E-state index contributed by atoms with van der Waals surface area (Å²) in [5.41, 5.74) is -0.509. The predicted octanol–water partition coefficient (Wildman–Crippen LogP) is 0.0896. The number of nitrogens with one attached hydrogen (secondary N) is 1. The van der Waals surface area contributed by atoms with E-state index in [0.29, 0.717) is 19.6 Å². The van der Waals surface area contributed by atoms with Crippen LogP contribution in [0, 0.1) is 0 Å². The van der Waals surface area contributed by atoms with E-state index in [9.17, 15) is 13.2 Å². The first-order chi connectivity index (χ1) is 8.73. The Morgan fingerprint density at radius 2 is 1.95 bits per heavy atom. The van der Waals surface area contributed by atoms with Crippen molar-refractivity contribution in [1.82, 2.24) is 14.2 Å². The van der Waals surface area contributed by atoms with Gasteiger partial charge in [-0.3, -0.25) is 9.69 Å². The topological polar surface area (TPSA) is 73.5 Å². The van der Waals surface area contributed by atoms with Crippen LogP contribution in [0.2, 0.25) is 0 Å². The maximum absolute atomic E-state index is 12.5. The van der Waals surface area contributed by atoms with E-state index < -0.39 is 10.0 Å². The lowest BCUT2D eigenvalue weighted by molar-refractivity contribution is 0.0801. The quantitative estimate of drug-likeness (QED) is 0.836. The molecular weight excluding hydrogens is 266 g/mol. The van der Waals surface area contributed by atoms with E-state index in [2.05, 4.69) is 9.88 Å². The molecule has 1 aliphatic heterocycles. The Morgan fingerprint density at radius 3 is 2.47 bits per heavy atom. The lowest BCUT2D eigenvalue weighted by Gasteiger charge is -2.44. The number of nitrogens with zero attached hydrogens (tertiary/aromatic N) is 2. The third-order valence-electron chi connectivity index (χ3n) is 3.67. The van der Waals surface area contributed by atoms with Crippen LogP contribution in [0.25, 0.3) is 0 Å². The zero-order valence-corrected chi connectivity index (χ0v) is 12.2. The minimum atomic E-state index is -3.54. The highest BCUT2D eigenvalue weighted by atomic mass is 32.2. The molecule has 0 aliphatic carbocycles. The second kappa shape index (κ2) is 4.73. The molecule has 19 heavy (non-hydrogen) atoms. The molecule has 0 bridgehead atoms. The van der Waals surface area contributed by atoms with Crippen molar-refractivity contribution in [2.45, 2.75) is 24.3 Å². The largest absolute Gasteiger partial charge is 0.328 e. The second-order valence-electron chi connectivity index (χ2n) is 5.46. The number of aromatic amines is 1. The van der Waals surface area contributed by atoms with Crippen molar-refractivity contribution in [3.63, 3.8) is 0 Å². The molecule has 0 saturated carbocycles. The highest BCUT2D eigenvalue weighted by Crippen LogP contribution is 2.24. The lowest BCUT2D eigenvalue weighted by atomic mass is 10.0. The number of hydrogen-bond acceptors (Lipinski definition) is 4. The van der Waals surface area contributed by atoms with Crippen LogP contribution in [0.1, 0.15) is 13.8 Å². The summed E-state index contributed by atoms with van der Waals surface area (Å²) in [5.74, 6) is 0. The van der Waals surface area contributed by atoms with Gasteiger partial charge in [-0.05, 0) is 27.0 Å². The van der Waals surface area contributed by atoms with Gasteiger partial charge >= 0.3 is 0 Å². The van der Waals surface area contributed by atoms with E-state index in [1.807, 2.05) is 20.9 Å². The van der Waals surface area contributed by atoms with E-state index in [1.54, 1.807) is 0 Å². The van der Waals surface area contributed by atoms with Crippen LogP contribution in [0.3, 0.4) is 0 Å². The number of aromatic nitrogens is 1. The molecule has 7 heteroatoms. The Hall–Kier alpha value is -1.18. The summed E-state index contributed by atoms with van der Waals surface area (Å²) in [6, 6.07) is 2.58. The summed E-state index contributed by atoms with van der Waals surface area (Å²) in [6.07, 6.45) is 1.25. The summed E-state index contributed by atoms with van der Waals surface area (Å²) in [5, 5.41) is 0. The monoisotopic (exact) mass is 285 g/mol. The number of hydrogen-bond donors (Lipinski definition) is 1. The van der Waals surface area contributed by atoms with Crippen LogP contribution in [0.4, 0.5) is 0 Å². The number of rotatable bonds is 2. The third kappa shape index (κ3) is 2.72. The normalized spacial score (nSPS) is 21.4. The van der Waals surface area contributed by atoms with Crippen LogP contribution in [0.5, 0.6) is 0 Å². The highest BCUT2D eigenvalue weighted by Gasteiger charge is 2.37. The SMILES string of the molecule is CN1CCN(S(=O)(=O)c2ccc(=O)[nH]c2)CC1(C)C. The Labute approximate surface area is 113 Å². The highest BCUT2D eigenvalue weighted by molar-refractivity contribution is 7.89. The summed E-state index contributed by atoms with van der Waals surface area (Å²) in [6.45, 7) is 5.62. The van der Waals surface area contributed by atoms with Crippen molar-refractivity contribution in [3.05, 3.63) is 28.7 Å². The minimum absolute atomic E-state index is 0.132. The standard InChI is InChI=1S/C12H19N3O3S/c1-12(2)9-15(7-6-14(12)3)19(17,18)10-4-5-11(16)13-8-10/h4-5,8H,6-7,9H2,1-3H3,(H,13,16). The van der Waals surface area contributed by atoms with Crippen LogP contribution in [0.15, 0.2) is 28.0 Å². The smallest absolute Gasteiger partial charge is 0.247 e. The first-order valence-electron chi connectivity index (χ1n) is 6.14. The maximum atomic E-state index is 12.5. The number of sulfonamides is 1. The molecule has 1 N–H and O–H groups in total. The fourth-order valence-electron chi connectivity index (χ4n) is 2.11. The Kier molecular flexibility index (Phi) is 3.55. The van der Waals surface area contributed by atoms with Gasteiger partial charge in [-0.25, -0.2) is 8.42 Å². The summed E-state index contributed by atoms with van der Waals surface area (Å²) in [7, 11) is -1.55. The first kappa shape index (κ1) is 14.2. The molecule has 1 fully saturated rings. The molecule has 0 radical (unpaired) electrons. The van der Waals surface area contributed by atoms with E-state index in [-0.39, 0.29) is 16.0 Å². The van der Waals surface area contributed by atoms with Crippen molar-refractivity contribution < 1.29 is 8.42 Å². The van der Waals surface area contributed by atoms with Gasteiger partial charge in [-0.15, -0.1) is 0 Å². The molecule has 0 amide bonds. The van der Waals surface area contributed by atoms with Crippen LogP contribution >= 0.6 is 0 Å². The fraction of sp³-hybridized carbons (Fsp3) is 0.583. The Morgan fingerprint density at radius 1 is 1.26 bits per heavy atom. The van der Waals surface area contributed by atoms with Crippen molar-refractivity contribution in [1.29, 1.82) is 0 Å². The van der Waals surface area contributed by atoms with Crippen LogP contribution in [-0.2, 0) is 10.0 Å². The third-order valence-corrected chi connectivity index (χ3v) is 5.52. The fourth-order valence-corrected chi connectivity index (χ4v) is 3.66. The predicted molar refractivity (Wildman–Crippen MR) is 72.5 cm³/mol. The van der Waals surface area contributed by atoms with E-state index >= 15 is 0 Å². The zero-order chi connectivity index (χ0) is 14.3. The Bertz CT molecular complexity index is 601. The van der Waals surface area contributed by atoms with Gasteiger partial charge in [0.25, 0.3) is 0 Å². The van der Waals surface area contributed by atoms with Crippen molar-refractivity contribution in [2.75, 3.05) is 26.7 Å². The van der Waals surface area contributed by atoms with Crippen molar-refractivity contribution in [2.24, 2.45) is 0 Å². The van der Waals surface area contributed by atoms with Crippen LogP contribution < -0.4 is 5.56 Å². The van der Waals surface area contributed by atoms with Gasteiger partial charge in [0.15, 0.2) is 0 Å². The van der Waals surface area contributed by atoms with Gasteiger partial charge in [-0.2, -0.15) is 4.31 Å². The van der Waals surface area contributed by atoms with Gasteiger partial charge in [0.1, 0.15) is 0 Å². The average Bonchev–Trinajstić information content (AvgIpc) is 2.33. The van der Waals surface area contributed by atoms with Crippen molar-refractivity contribution >= 4 is 10.0 Å². The molecule has 106 valence electrons. The molecule has 1 aromatic rings. The number of piperazine rings is 1. The molecule has 0 spiro atoms. The summed E-state index contributed by atoms with van der Waals surface area (Å²) >= 11 is 0. The molecule has 0 unspecified atom stereocenters. The number of H-pyrrole nitrogens is 1. The van der Waals surface area contributed by atoms with Gasteiger partial charge in [0.05, 0.1) is 4.90 Å². The lowest BCUT2D eigenvalue weighted by Crippen LogP contribution is -2.58. The molecule has 0 aromatic carbocycles. The Balaban J connectivity index is 2.31. The number of likely N-dealkylation sites (N-methyl/N-ethyl adjacent to an activating group) is 1. The molecule has 2 heterocycles. The van der Waals surface area contributed by atoms with E-state index in [0.717, 1.165) is 0 Å². The van der Waals surface area contributed by atoms with Crippen molar-refractivity contribution in [3.8, 4) is 0 Å². The molecule has 1 saturated heterocycles. The van der Waals surface area contributed by atoms with Gasteiger partial charge < -0.3 is 4.98 Å². The molecule has 1 aliphatic rings. The number of pyridine rings is 1. The maximum Gasteiger partial charge on any atom is 0.247 e. The first-order valence-corrected chi connectivity index (χ1v) is 7.58. The van der Waals surface area contributed by atoms with Gasteiger partial charge in [-0.1, -0.05) is 0 Å². The van der Waals surface area contributed by atoms with E-state index in [1.165, 1.54) is 22.6 Å². The second-order valence-corrected chi connectivity index (χ2v) is 7.40. The summed E-state index contributed by atoms with van der Waals surface area (Å²) in [4.78, 5) is 15.7. The van der Waals surface area contributed by atoms with Crippen LogP contribution in [-0.4, -0.2) is 54.8 Å². The molecular formula is C12H19N3O3S. The molecule has 1 aromatic heterocycles. The van der Waals surface area contributed by atoms with Gasteiger partial charge in [0, 0.05) is 37.4 Å². The average molecular weight is 285 g/mol. The van der Waals surface area contributed by atoms with E-state index in [4.69, 9.17) is 0 Å².